The van der Waals surface area contributed by atoms with Crippen LogP contribution < -0.4 is 4.74 Å². The number of fused-ring (bicyclic) bond motifs is 7. The van der Waals surface area contributed by atoms with E-state index in [1.54, 1.807) is 0 Å². The first-order chi connectivity index (χ1) is 25.8. The maximum Gasteiger partial charge on any atom is 0.136 e. The summed E-state index contributed by atoms with van der Waals surface area (Å²) < 4.78 is 9.14. The summed E-state index contributed by atoms with van der Waals surface area (Å²) in [5.74, 6) is 1.69. The van der Waals surface area contributed by atoms with Crippen LogP contribution in [-0.2, 0) is 0 Å². The van der Waals surface area contributed by atoms with E-state index in [4.69, 9.17) is 9.72 Å². The molecule has 0 fully saturated rings. The fourth-order valence-corrected chi connectivity index (χ4v) is 7.64. The molecule has 0 saturated carbocycles. The number of aromatic nitrogens is 2. The molecule has 1 aliphatic rings. The lowest BCUT2D eigenvalue weighted by Crippen LogP contribution is -2.00. The molecular weight excluding hydrogens is 633 g/mol. The van der Waals surface area contributed by atoms with Crippen molar-refractivity contribution in [3.63, 3.8) is 0 Å². The van der Waals surface area contributed by atoms with Crippen LogP contribution in [-0.4, -0.2) is 9.55 Å². The van der Waals surface area contributed by atoms with Gasteiger partial charge in [0.1, 0.15) is 11.5 Å². The summed E-state index contributed by atoms with van der Waals surface area (Å²) in [6.07, 6.45) is 0. The minimum Gasteiger partial charge on any atom is -0.456 e. The van der Waals surface area contributed by atoms with Crippen molar-refractivity contribution >= 4 is 10.9 Å². The quantitative estimate of drug-likeness (QED) is 0.183. The number of nitrogens with zero attached hydrogens (tertiary/aromatic N) is 2. The van der Waals surface area contributed by atoms with Crippen LogP contribution in [0.15, 0.2) is 194 Å². The molecule has 0 aliphatic carbocycles. The Kier molecular flexibility index (Phi) is 7.14. The zero-order valence-corrected chi connectivity index (χ0v) is 28.3. The first-order valence-electron chi connectivity index (χ1n) is 17.6. The highest BCUT2D eigenvalue weighted by molar-refractivity contribution is 6.12. The van der Waals surface area contributed by atoms with Crippen molar-refractivity contribution in [1.82, 2.24) is 9.55 Å². The molecule has 3 heteroatoms. The molecular formula is C49H32N2O. The number of hydrogen-bond donors (Lipinski definition) is 0. The molecule has 0 amide bonds. The van der Waals surface area contributed by atoms with Crippen LogP contribution in [0.3, 0.4) is 0 Å². The average Bonchev–Trinajstić information content (AvgIpc) is 3.49. The van der Waals surface area contributed by atoms with E-state index in [-0.39, 0.29) is 0 Å². The molecule has 0 radical (unpaired) electrons. The molecule has 3 heterocycles. The van der Waals surface area contributed by atoms with Gasteiger partial charge in [-0.05, 0) is 59.2 Å². The van der Waals surface area contributed by atoms with Gasteiger partial charge >= 0.3 is 0 Å². The summed E-state index contributed by atoms with van der Waals surface area (Å²) in [7, 11) is 0. The molecule has 7 aromatic carbocycles. The Morgan fingerprint density at radius 2 is 0.904 bits per heavy atom. The summed E-state index contributed by atoms with van der Waals surface area (Å²) in [6.45, 7) is 0. The predicted octanol–water partition coefficient (Wildman–Crippen LogP) is 13.1. The normalized spacial score (nSPS) is 11.6. The number of ether oxygens (including phenoxy) is 1. The molecule has 0 bridgehead atoms. The van der Waals surface area contributed by atoms with Crippen molar-refractivity contribution in [1.29, 1.82) is 0 Å². The molecule has 2 aromatic heterocycles. The van der Waals surface area contributed by atoms with E-state index in [1.165, 1.54) is 22.1 Å². The van der Waals surface area contributed by atoms with Crippen LogP contribution in [0.5, 0.6) is 11.5 Å². The fourth-order valence-electron chi connectivity index (χ4n) is 7.64. The second kappa shape index (κ2) is 12.4. The standard InChI is InChI=1S/C49H32N2O/c1-4-16-33(17-5-1)39-26-15-27-42-47-40-24-10-12-28-45(40)52-46-29-13-11-25-41(46)49(47)51(48(39)42)38-23-14-22-36(30-38)37-31-43(34-18-6-2-7-19-34)50-44(32-37)35-20-8-3-9-21-35/h1-32H. The van der Waals surface area contributed by atoms with Crippen LogP contribution in [0.1, 0.15) is 0 Å². The van der Waals surface area contributed by atoms with Gasteiger partial charge in [-0.2, -0.15) is 0 Å². The second-order valence-electron chi connectivity index (χ2n) is 13.1. The van der Waals surface area contributed by atoms with Crippen molar-refractivity contribution < 1.29 is 4.74 Å². The predicted molar refractivity (Wildman–Crippen MR) is 214 cm³/mol. The highest BCUT2D eigenvalue weighted by atomic mass is 16.5. The van der Waals surface area contributed by atoms with Crippen molar-refractivity contribution in [2.24, 2.45) is 0 Å². The summed E-state index contributed by atoms with van der Waals surface area (Å²) >= 11 is 0. The minimum atomic E-state index is 0.837. The maximum absolute atomic E-state index is 6.68. The van der Waals surface area contributed by atoms with Gasteiger partial charge in [-0.25, -0.2) is 4.98 Å². The third-order valence-corrected chi connectivity index (χ3v) is 9.99. The number of para-hydroxylation sites is 3. The van der Waals surface area contributed by atoms with E-state index in [0.29, 0.717) is 0 Å². The zero-order chi connectivity index (χ0) is 34.4. The largest absolute Gasteiger partial charge is 0.456 e. The van der Waals surface area contributed by atoms with E-state index in [0.717, 1.165) is 73.2 Å². The van der Waals surface area contributed by atoms with Gasteiger partial charge in [0.25, 0.3) is 0 Å². The highest BCUT2D eigenvalue weighted by Gasteiger charge is 2.29. The van der Waals surface area contributed by atoms with Crippen LogP contribution in [0.4, 0.5) is 0 Å². The minimum absolute atomic E-state index is 0.837. The maximum atomic E-state index is 6.68. The van der Waals surface area contributed by atoms with E-state index in [9.17, 15) is 0 Å². The van der Waals surface area contributed by atoms with E-state index >= 15 is 0 Å². The van der Waals surface area contributed by atoms with E-state index in [1.807, 2.05) is 24.3 Å². The van der Waals surface area contributed by atoms with Crippen molar-refractivity contribution in [3.8, 4) is 84.3 Å². The summed E-state index contributed by atoms with van der Waals surface area (Å²) in [4.78, 5) is 5.15. The molecule has 0 spiro atoms. The SMILES string of the molecule is c1ccc(-c2cc(-c3cccc(-n4c5c(c6cccc(-c7ccccc7)c64)-c4ccccc4Oc4ccccc4-5)c3)cc(-c3ccccc3)n2)cc1. The average molecular weight is 665 g/mol. The first kappa shape index (κ1) is 29.9. The lowest BCUT2D eigenvalue weighted by molar-refractivity contribution is 0.487. The Hall–Kier alpha value is -6.97. The second-order valence-corrected chi connectivity index (χ2v) is 13.1. The monoisotopic (exact) mass is 664 g/mol. The van der Waals surface area contributed by atoms with Crippen molar-refractivity contribution in [3.05, 3.63) is 194 Å². The van der Waals surface area contributed by atoms with Gasteiger partial charge in [0.05, 0.1) is 22.6 Å². The van der Waals surface area contributed by atoms with Gasteiger partial charge < -0.3 is 9.30 Å². The van der Waals surface area contributed by atoms with Gasteiger partial charge in [-0.15, -0.1) is 0 Å². The number of hydrogen-bond acceptors (Lipinski definition) is 2. The molecule has 0 atom stereocenters. The molecule has 244 valence electrons. The molecule has 3 nitrogen and oxygen atoms in total. The van der Waals surface area contributed by atoms with Gasteiger partial charge in [0.2, 0.25) is 0 Å². The van der Waals surface area contributed by atoms with Crippen LogP contribution in [0.25, 0.3) is 83.7 Å². The fraction of sp³-hybridized carbons (Fsp3) is 0. The number of benzene rings is 7. The summed E-state index contributed by atoms with van der Waals surface area (Å²) in [6, 6.07) is 68.4. The van der Waals surface area contributed by atoms with E-state index < -0.39 is 0 Å². The Bertz CT molecular complexity index is 2690. The summed E-state index contributed by atoms with van der Waals surface area (Å²) in [5.41, 5.74) is 15.3. The van der Waals surface area contributed by atoms with Gasteiger partial charge in [0, 0.05) is 44.5 Å². The molecule has 0 N–H and O–H groups in total. The summed E-state index contributed by atoms with van der Waals surface area (Å²) in [5, 5.41) is 1.18. The van der Waals surface area contributed by atoms with Crippen LogP contribution >= 0.6 is 0 Å². The third-order valence-electron chi connectivity index (χ3n) is 9.99. The van der Waals surface area contributed by atoms with Gasteiger partial charge in [-0.3, -0.25) is 0 Å². The topological polar surface area (TPSA) is 27.1 Å². The van der Waals surface area contributed by atoms with Gasteiger partial charge in [0.15, 0.2) is 0 Å². The van der Waals surface area contributed by atoms with Gasteiger partial charge in [-0.1, -0.05) is 152 Å². The Morgan fingerprint density at radius 3 is 1.58 bits per heavy atom. The van der Waals surface area contributed by atoms with Crippen molar-refractivity contribution in [2.45, 2.75) is 0 Å². The molecule has 0 unspecified atom stereocenters. The smallest absolute Gasteiger partial charge is 0.136 e. The third kappa shape index (κ3) is 5.02. The zero-order valence-electron chi connectivity index (χ0n) is 28.3. The van der Waals surface area contributed by atoms with Crippen molar-refractivity contribution in [2.75, 3.05) is 0 Å². The lowest BCUT2D eigenvalue weighted by atomic mass is 9.96. The number of rotatable bonds is 5. The highest BCUT2D eigenvalue weighted by Crippen LogP contribution is 2.53. The Labute approximate surface area is 302 Å². The molecule has 52 heavy (non-hydrogen) atoms. The number of pyridine rings is 1. The molecule has 10 rings (SSSR count). The van der Waals surface area contributed by atoms with Crippen LogP contribution in [0, 0.1) is 0 Å². The Morgan fingerprint density at radius 1 is 0.385 bits per heavy atom. The molecule has 0 saturated heterocycles. The Balaban J connectivity index is 1.28. The molecule has 9 aromatic rings. The van der Waals surface area contributed by atoms with E-state index in [2.05, 4.69) is 174 Å². The van der Waals surface area contributed by atoms with Crippen LogP contribution in [0.2, 0.25) is 0 Å². The lowest BCUT2D eigenvalue weighted by Gasteiger charge is -2.17. The first-order valence-corrected chi connectivity index (χ1v) is 17.6. The molecule has 1 aliphatic heterocycles.